The van der Waals surface area contributed by atoms with Gasteiger partial charge in [0.05, 0.1) is 18.0 Å². The molecular weight excluding hydrogens is 266 g/mol. The molecule has 1 aliphatic carbocycles. The molecule has 6 heteroatoms. The van der Waals surface area contributed by atoms with Crippen LogP contribution in [-0.2, 0) is 7.05 Å². The van der Waals surface area contributed by atoms with Gasteiger partial charge in [-0.2, -0.15) is 5.10 Å². The standard InChI is InChI=1S/C15H21N5O/c1-10-13(9-17-20(10)2)14-7-8-16-15(19-14)18-11-3-5-12(21)6-4-11/h7-9,11-12,21H,3-6H2,1-2H3,(H,16,18,19). The lowest BCUT2D eigenvalue weighted by Gasteiger charge is -2.26. The number of anilines is 1. The van der Waals surface area contributed by atoms with Crippen molar-refractivity contribution in [3.05, 3.63) is 24.2 Å². The van der Waals surface area contributed by atoms with Crippen LogP contribution in [0.25, 0.3) is 11.3 Å². The molecule has 0 bridgehead atoms. The van der Waals surface area contributed by atoms with E-state index in [9.17, 15) is 5.11 Å². The van der Waals surface area contributed by atoms with Gasteiger partial charge in [-0.25, -0.2) is 9.97 Å². The summed E-state index contributed by atoms with van der Waals surface area (Å²) in [4.78, 5) is 8.89. The summed E-state index contributed by atoms with van der Waals surface area (Å²) in [6, 6.07) is 2.25. The second-order valence-electron chi connectivity index (χ2n) is 5.68. The Morgan fingerprint density at radius 1 is 1.29 bits per heavy atom. The second kappa shape index (κ2) is 5.81. The van der Waals surface area contributed by atoms with Gasteiger partial charge in [-0.05, 0) is 38.7 Å². The van der Waals surface area contributed by atoms with Crippen LogP contribution in [0.5, 0.6) is 0 Å². The topological polar surface area (TPSA) is 75.9 Å². The number of nitrogens with one attached hydrogen (secondary N) is 1. The van der Waals surface area contributed by atoms with Crippen LogP contribution in [0.2, 0.25) is 0 Å². The van der Waals surface area contributed by atoms with Gasteiger partial charge in [0.1, 0.15) is 0 Å². The fourth-order valence-electron chi connectivity index (χ4n) is 2.73. The van der Waals surface area contributed by atoms with Gasteiger partial charge in [0.2, 0.25) is 5.95 Å². The molecule has 2 heterocycles. The molecule has 3 rings (SSSR count). The van der Waals surface area contributed by atoms with Crippen molar-refractivity contribution in [2.75, 3.05) is 5.32 Å². The molecule has 0 radical (unpaired) electrons. The third-order valence-electron chi connectivity index (χ3n) is 4.20. The molecule has 2 aromatic heterocycles. The number of hydrogen-bond acceptors (Lipinski definition) is 5. The van der Waals surface area contributed by atoms with Crippen LogP contribution < -0.4 is 5.32 Å². The molecule has 2 N–H and O–H groups in total. The highest BCUT2D eigenvalue weighted by atomic mass is 16.3. The molecule has 0 aromatic carbocycles. The molecule has 21 heavy (non-hydrogen) atoms. The van der Waals surface area contributed by atoms with Gasteiger partial charge in [-0.3, -0.25) is 4.68 Å². The second-order valence-corrected chi connectivity index (χ2v) is 5.68. The van der Waals surface area contributed by atoms with E-state index in [-0.39, 0.29) is 6.10 Å². The fourth-order valence-corrected chi connectivity index (χ4v) is 2.73. The number of aryl methyl sites for hydroxylation is 1. The first kappa shape index (κ1) is 14.0. The SMILES string of the molecule is Cc1c(-c2ccnc(NC3CCC(O)CC3)n2)cnn1C. The van der Waals surface area contributed by atoms with Crippen LogP contribution in [0, 0.1) is 6.92 Å². The van der Waals surface area contributed by atoms with Crippen LogP contribution >= 0.6 is 0 Å². The lowest BCUT2D eigenvalue weighted by Crippen LogP contribution is -2.28. The number of aromatic nitrogens is 4. The summed E-state index contributed by atoms with van der Waals surface area (Å²) >= 11 is 0. The molecule has 0 saturated heterocycles. The Bertz CT molecular complexity index is 616. The highest BCUT2D eigenvalue weighted by Crippen LogP contribution is 2.23. The zero-order valence-electron chi connectivity index (χ0n) is 12.5. The molecule has 0 spiro atoms. The Morgan fingerprint density at radius 2 is 2.05 bits per heavy atom. The predicted molar refractivity (Wildman–Crippen MR) is 80.9 cm³/mol. The minimum absolute atomic E-state index is 0.145. The van der Waals surface area contributed by atoms with Crippen molar-refractivity contribution < 1.29 is 5.11 Å². The first-order valence-electron chi connectivity index (χ1n) is 7.40. The van der Waals surface area contributed by atoms with E-state index in [0.717, 1.165) is 42.6 Å². The molecule has 0 amide bonds. The normalized spacial score (nSPS) is 22.2. The molecule has 2 aromatic rings. The largest absolute Gasteiger partial charge is 0.393 e. The molecule has 6 nitrogen and oxygen atoms in total. The van der Waals surface area contributed by atoms with Gasteiger partial charge in [0.15, 0.2) is 0 Å². The lowest BCUT2D eigenvalue weighted by molar-refractivity contribution is 0.126. The van der Waals surface area contributed by atoms with E-state index >= 15 is 0 Å². The van der Waals surface area contributed by atoms with E-state index in [1.165, 1.54) is 0 Å². The van der Waals surface area contributed by atoms with Gasteiger partial charge >= 0.3 is 0 Å². The minimum atomic E-state index is -0.145. The van der Waals surface area contributed by atoms with Crippen molar-refractivity contribution in [1.82, 2.24) is 19.7 Å². The molecule has 1 fully saturated rings. The Morgan fingerprint density at radius 3 is 2.71 bits per heavy atom. The summed E-state index contributed by atoms with van der Waals surface area (Å²) in [7, 11) is 1.92. The Hall–Kier alpha value is -1.95. The van der Waals surface area contributed by atoms with E-state index in [1.54, 1.807) is 6.20 Å². The highest BCUT2D eigenvalue weighted by Gasteiger charge is 2.20. The Balaban J connectivity index is 1.76. The van der Waals surface area contributed by atoms with Crippen LogP contribution in [0.3, 0.4) is 0 Å². The molecule has 0 atom stereocenters. The van der Waals surface area contributed by atoms with Crippen molar-refractivity contribution in [2.45, 2.75) is 44.8 Å². The fraction of sp³-hybridized carbons (Fsp3) is 0.533. The monoisotopic (exact) mass is 287 g/mol. The van der Waals surface area contributed by atoms with Crippen LogP contribution in [0.15, 0.2) is 18.5 Å². The maximum absolute atomic E-state index is 9.55. The summed E-state index contributed by atoms with van der Waals surface area (Å²) in [5, 5.41) is 17.2. The van der Waals surface area contributed by atoms with Gasteiger partial charge < -0.3 is 10.4 Å². The summed E-state index contributed by atoms with van der Waals surface area (Å²) in [5.74, 6) is 0.650. The molecule has 0 aliphatic heterocycles. The zero-order valence-corrected chi connectivity index (χ0v) is 12.5. The molecule has 1 aliphatic rings. The predicted octanol–water partition coefficient (Wildman–Crippen LogP) is 1.90. The van der Waals surface area contributed by atoms with Crippen LogP contribution in [0.1, 0.15) is 31.4 Å². The van der Waals surface area contributed by atoms with Gasteiger partial charge in [-0.1, -0.05) is 0 Å². The van der Waals surface area contributed by atoms with Crippen molar-refractivity contribution >= 4 is 5.95 Å². The molecular formula is C15H21N5O. The van der Waals surface area contributed by atoms with Crippen molar-refractivity contribution in [3.63, 3.8) is 0 Å². The van der Waals surface area contributed by atoms with Crippen molar-refractivity contribution in [1.29, 1.82) is 0 Å². The first-order chi connectivity index (χ1) is 10.1. The van der Waals surface area contributed by atoms with Gasteiger partial charge in [0.25, 0.3) is 0 Å². The van der Waals surface area contributed by atoms with Crippen LogP contribution in [-0.4, -0.2) is 37.0 Å². The highest BCUT2D eigenvalue weighted by molar-refractivity contribution is 5.61. The minimum Gasteiger partial charge on any atom is -0.393 e. The Kier molecular flexibility index (Phi) is 3.88. The average Bonchev–Trinajstić information content (AvgIpc) is 2.82. The van der Waals surface area contributed by atoms with Crippen molar-refractivity contribution in [3.8, 4) is 11.3 Å². The average molecular weight is 287 g/mol. The Labute approximate surface area is 124 Å². The third-order valence-corrected chi connectivity index (χ3v) is 4.20. The summed E-state index contributed by atoms with van der Waals surface area (Å²) < 4.78 is 1.84. The molecule has 112 valence electrons. The van der Waals surface area contributed by atoms with Crippen molar-refractivity contribution in [2.24, 2.45) is 7.05 Å². The zero-order chi connectivity index (χ0) is 14.8. The van der Waals surface area contributed by atoms with Crippen LogP contribution in [0.4, 0.5) is 5.95 Å². The van der Waals surface area contributed by atoms with E-state index in [2.05, 4.69) is 20.4 Å². The van der Waals surface area contributed by atoms with E-state index in [1.807, 2.05) is 30.9 Å². The van der Waals surface area contributed by atoms with E-state index in [0.29, 0.717) is 12.0 Å². The number of aliphatic hydroxyl groups excluding tert-OH is 1. The first-order valence-corrected chi connectivity index (χ1v) is 7.40. The lowest BCUT2D eigenvalue weighted by atomic mass is 9.93. The quantitative estimate of drug-likeness (QED) is 0.901. The van der Waals surface area contributed by atoms with E-state index < -0.39 is 0 Å². The number of rotatable bonds is 3. The number of hydrogen-bond donors (Lipinski definition) is 2. The van der Waals surface area contributed by atoms with E-state index in [4.69, 9.17) is 0 Å². The third kappa shape index (κ3) is 3.05. The number of nitrogens with zero attached hydrogens (tertiary/aromatic N) is 4. The van der Waals surface area contributed by atoms with Gasteiger partial charge in [0, 0.05) is 30.5 Å². The maximum atomic E-state index is 9.55. The maximum Gasteiger partial charge on any atom is 0.223 e. The summed E-state index contributed by atoms with van der Waals surface area (Å²) in [6.07, 6.45) is 7.07. The molecule has 0 unspecified atom stereocenters. The molecule has 1 saturated carbocycles. The van der Waals surface area contributed by atoms with Gasteiger partial charge in [-0.15, -0.1) is 0 Å². The number of aliphatic hydroxyl groups is 1. The smallest absolute Gasteiger partial charge is 0.223 e. The summed E-state index contributed by atoms with van der Waals surface area (Å²) in [5.41, 5.74) is 3.00. The summed E-state index contributed by atoms with van der Waals surface area (Å²) in [6.45, 7) is 2.03.